The van der Waals surface area contributed by atoms with Gasteiger partial charge in [-0.3, -0.25) is 9.59 Å². The number of aromatic nitrogens is 2. The number of hydrogen-bond acceptors (Lipinski definition) is 7. The summed E-state index contributed by atoms with van der Waals surface area (Å²) in [6.07, 6.45) is 1.25. The van der Waals surface area contributed by atoms with Crippen molar-refractivity contribution in [1.29, 1.82) is 0 Å². The van der Waals surface area contributed by atoms with Crippen molar-refractivity contribution in [2.45, 2.75) is 57.4 Å². The van der Waals surface area contributed by atoms with Crippen LogP contribution in [-0.2, 0) is 19.7 Å². The Morgan fingerprint density at radius 1 is 1.03 bits per heavy atom. The van der Waals surface area contributed by atoms with Crippen LogP contribution in [0.1, 0.15) is 74.9 Å². The predicted molar refractivity (Wildman–Crippen MR) is 138 cm³/mol. The summed E-state index contributed by atoms with van der Waals surface area (Å²) in [5.41, 5.74) is 3.30. The number of unbranched alkanes of at least 4 members (excludes halogenated alkanes) is 1. The molecule has 0 saturated carbocycles. The molecule has 2 aromatic carbocycles. The van der Waals surface area contributed by atoms with Crippen LogP contribution in [0.4, 0.5) is 4.79 Å². The Bertz CT molecular complexity index is 1270. The maximum Gasteiger partial charge on any atom is 0.407 e. The molecule has 1 atom stereocenters. The number of carboxylic acids is 1. The minimum absolute atomic E-state index is 0.00281. The summed E-state index contributed by atoms with van der Waals surface area (Å²) in [5.74, 6) is -1.26. The third-order valence-corrected chi connectivity index (χ3v) is 6.72. The van der Waals surface area contributed by atoms with Crippen molar-refractivity contribution in [2.24, 2.45) is 0 Å². The van der Waals surface area contributed by atoms with Gasteiger partial charge in [0.25, 0.3) is 0 Å². The van der Waals surface area contributed by atoms with E-state index in [1.807, 2.05) is 24.3 Å². The summed E-state index contributed by atoms with van der Waals surface area (Å²) in [7, 11) is 0. The van der Waals surface area contributed by atoms with E-state index >= 15 is 0 Å². The average Bonchev–Trinajstić information content (AvgIpc) is 3.50. The Balaban J connectivity index is 1.25. The van der Waals surface area contributed by atoms with E-state index < -0.39 is 23.5 Å². The highest BCUT2D eigenvalue weighted by atomic mass is 16.5. The monoisotopic (exact) mass is 520 g/mol. The Morgan fingerprint density at radius 2 is 1.66 bits per heavy atom. The first-order valence-electron chi connectivity index (χ1n) is 12.6. The van der Waals surface area contributed by atoms with Gasteiger partial charge in [-0.25, -0.2) is 4.79 Å². The normalized spacial score (nSPS) is 13.3. The van der Waals surface area contributed by atoms with E-state index in [0.29, 0.717) is 25.8 Å². The molecule has 38 heavy (non-hydrogen) atoms. The van der Waals surface area contributed by atoms with Crippen molar-refractivity contribution in [2.75, 3.05) is 13.2 Å². The molecule has 1 aliphatic carbocycles. The first-order chi connectivity index (χ1) is 18.2. The van der Waals surface area contributed by atoms with E-state index in [0.717, 1.165) is 11.1 Å². The summed E-state index contributed by atoms with van der Waals surface area (Å²) >= 11 is 0. The summed E-state index contributed by atoms with van der Waals surface area (Å²) in [6, 6.07) is 15.8. The fraction of sp³-hybridized carbons (Fsp3) is 0.393. The third kappa shape index (κ3) is 5.85. The molecule has 2 amide bonds. The van der Waals surface area contributed by atoms with Crippen molar-refractivity contribution in [3.05, 3.63) is 71.4 Å². The van der Waals surface area contributed by atoms with Crippen LogP contribution in [0.3, 0.4) is 0 Å². The van der Waals surface area contributed by atoms with Gasteiger partial charge in [-0.05, 0) is 55.4 Å². The van der Waals surface area contributed by atoms with Gasteiger partial charge < -0.3 is 24.9 Å². The summed E-state index contributed by atoms with van der Waals surface area (Å²) in [6.45, 7) is 4.95. The van der Waals surface area contributed by atoms with Gasteiger partial charge in [0, 0.05) is 19.4 Å². The maximum atomic E-state index is 12.4. The molecule has 1 aromatic heterocycles. The van der Waals surface area contributed by atoms with Gasteiger partial charge in [0.2, 0.25) is 17.7 Å². The van der Waals surface area contributed by atoms with Crippen molar-refractivity contribution >= 4 is 18.0 Å². The van der Waals surface area contributed by atoms with Crippen molar-refractivity contribution < 1.29 is 28.6 Å². The molecule has 10 nitrogen and oxygen atoms in total. The molecule has 0 spiro atoms. The SMILES string of the molecule is CC(=O)N[C@@H](CCCCNC(=O)OCC1c2ccccc2-c2ccccc21)c1nnc(C(C)(C)C(=O)O)o1. The van der Waals surface area contributed by atoms with E-state index in [-0.39, 0.29) is 30.2 Å². The van der Waals surface area contributed by atoms with Crippen LogP contribution in [0.15, 0.2) is 52.9 Å². The zero-order chi connectivity index (χ0) is 27.3. The van der Waals surface area contributed by atoms with Crippen molar-refractivity contribution in [1.82, 2.24) is 20.8 Å². The minimum atomic E-state index is -1.35. The molecule has 0 aliphatic heterocycles. The van der Waals surface area contributed by atoms with Crippen LogP contribution in [0.2, 0.25) is 0 Å². The molecule has 0 fully saturated rings. The maximum absolute atomic E-state index is 12.4. The average molecular weight is 521 g/mol. The molecule has 3 N–H and O–H groups in total. The Morgan fingerprint density at radius 3 is 2.26 bits per heavy atom. The molecule has 0 saturated heterocycles. The number of carbonyl (C=O) groups is 3. The number of carbonyl (C=O) groups excluding carboxylic acids is 2. The number of fused-ring (bicyclic) bond motifs is 3. The molecular weight excluding hydrogens is 488 g/mol. The van der Waals surface area contributed by atoms with Crippen LogP contribution in [0, 0.1) is 0 Å². The van der Waals surface area contributed by atoms with Gasteiger partial charge in [-0.2, -0.15) is 0 Å². The lowest BCUT2D eigenvalue weighted by Crippen LogP contribution is -2.29. The van der Waals surface area contributed by atoms with Crippen LogP contribution in [0.5, 0.6) is 0 Å². The molecule has 0 unspecified atom stereocenters. The lowest BCUT2D eigenvalue weighted by molar-refractivity contribution is -0.143. The highest BCUT2D eigenvalue weighted by Gasteiger charge is 2.36. The quantitative estimate of drug-likeness (QED) is 0.317. The van der Waals surface area contributed by atoms with Crippen molar-refractivity contribution in [3.63, 3.8) is 0 Å². The number of amides is 2. The number of hydrogen-bond donors (Lipinski definition) is 3. The summed E-state index contributed by atoms with van der Waals surface area (Å²) in [5, 5.41) is 22.7. The second-order valence-corrected chi connectivity index (χ2v) is 9.88. The van der Waals surface area contributed by atoms with E-state index in [9.17, 15) is 19.5 Å². The third-order valence-electron chi connectivity index (χ3n) is 6.72. The number of nitrogens with zero attached hydrogens (tertiary/aromatic N) is 2. The number of alkyl carbamates (subject to hydrolysis) is 1. The summed E-state index contributed by atoms with van der Waals surface area (Å²) < 4.78 is 11.1. The zero-order valence-corrected chi connectivity index (χ0v) is 21.7. The molecule has 4 rings (SSSR count). The summed E-state index contributed by atoms with van der Waals surface area (Å²) in [4.78, 5) is 35.5. The van der Waals surface area contributed by atoms with Crippen molar-refractivity contribution in [3.8, 4) is 11.1 Å². The number of rotatable bonds is 11. The van der Waals surface area contributed by atoms with Crippen LogP contribution in [0.25, 0.3) is 11.1 Å². The highest BCUT2D eigenvalue weighted by Crippen LogP contribution is 2.44. The lowest BCUT2D eigenvalue weighted by Gasteiger charge is -2.16. The van der Waals surface area contributed by atoms with Crippen LogP contribution < -0.4 is 10.6 Å². The van der Waals surface area contributed by atoms with Crippen LogP contribution >= 0.6 is 0 Å². The standard InChI is InChI=1S/C28H32N4O6/c1-17(33)30-23(24-31-32-25(38-24)28(2,3)26(34)35)14-8-9-15-29-27(36)37-16-22-20-12-6-4-10-18(20)19-11-5-7-13-21(19)22/h4-7,10-13,22-23H,8-9,14-16H2,1-3H3,(H,29,36)(H,30,33)(H,34,35)/t23-/m0/s1. The number of nitrogens with one attached hydrogen (secondary N) is 2. The molecule has 10 heteroatoms. The minimum Gasteiger partial charge on any atom is -0.480 e. The molecule has 200 valence electrons. The van der Waals surface area contributed by atoms with Gasteiger partial charge in [-0.15, -0.1) is 10.2 Å². The lowest BCUT2D eigenvalue weighted by atomic mass is 9.94. The molecule has 1 heterocycles. The Labute approximate surface area is 220 Å². The van der Waals surface area contributed by atoms with E-state index in [2.05, 4.69) is 45.1 Å². The van der Waals surface area contributed by atoms with Gasteiger partial charge in [0.05, 0.1) is 0 Å². The number of ether oxygens (including phenoxy) is 1. The molecule has 0 bridgehead atoms. The largest absolute Gasteiger partial charge is 0.480 e. The Kier molecular flexibility index (Phi) is 8.09. The molecular formula is C28H32N4O6. The second kappa shape index (κ2) is 11.5. The fourth-order valence-electron chi connectivity index (χ4n) is 4.54. The van der Waals surface area contributed by atoms with Gasteiger partial charge >= 0.3 is 12.1 Å². The predicted octanol–water partition coefficient (Wildman–Crippen LogP) is 4.32. The van der Waals surface area contributed by atoms with E-state index in [4.69, 9.17) is 9.15 Å². The molecule has 0 radical (unpaired) electrons. The van der Waals surface area contributed by atoms with E-state index in [1.54, 1.807) is 0 Å². The number of aliphatic carboxylic acids is 1. The highest BCUT2D eigenvalue weighted by molar-refractivity contribution is 5.79. The van der Waals surface area contributed by atoms with Gasteiger partial charge in [-0.1, -0.05) is 48.5 Å². The topological polar surface area (TPSA) is 144 Å². The van der Waals surface area contributed by atoms with E-state index in [1.165, 1.54) is 31.9 Å². The molecule has 1 aliphatic rings. The fourth-order valence-corrected chi connectivity index (χ4v) is 4.54. The second-order valence-electron chi connectivity index (χ2n) is 9.88. The van der Waals surface area contributed by atoms with Gasteiger partial charge in [0.15, 0.2) is 0 Å². The first-order valence-corrected chi connectivity index (χ1v) is 12.6. The zero-order valence-electron chi connectivity index (χ0n) is 21.7. The van der Waals surface area contributed by atoms with Crippen LogP contribution in [-0.4, -0.2) is 46.4 Å². The van der Waals surface area contributed by atoms with Gasteiger partial charge in [0.1, 0.15) is 18.1 Å². The number of carboxylic acid groups (broad SMARTS) is 1. The first kappa shape index (κ1) is 26.8. The molecule has 3 aromatic rings. The Hall–Kier alpha value is -4.21. The smallest absolute Gasteiger partial charge is 0.407 e. The number of benzene rings is 2.